The van der Waals surface area contributed by atoms with E-state index < -0.39 is 0 Å². The Bertz CT molecular complexity index is 1790. The molecule has 0 fully saturated rings. The van der Waals surface area contributed by atoms with Crippen molar-refractivity contribution >= 4 is 33.5 Å². The Hall–Kier alpha value is -4.92. The normalized spacial score (nSPS) is 11.5. The first kappa shape index (κ1) is 23.5. The number of H-pyrrole nitrogens is 2. The number of amides is 1. The molecule has 0 aliphatic carbocycles. The Morgan fingerprint density at radius 1 is 0.921 bits per heavy atom. The first-order valence-corrected chi connectivity index (χ1v) is 12.3. The van der Waals surface area contributed by atoms with Crippen LogP contribution in [0.3, 0.4) is 0 Å². The van der Waals surface area contributed by atoms with Crippen LogP contribution in [0.5, 0.6) is 0 Å². The van der Waals surface area contributed by atoms with Crippen molar-refractivity contribution in [3.8, 4) is 33.8 Å². The lowest BCUT2D eigenvalue weighted by molar-refractivity contribution is -0.116. The average molecular weight is 506 g/mol. The van der Waals surface area contributed by atoms with Crippen molar-refractivity contribution in [2.24, 2.45) is 5.92 Å². The number of fused-ring (bicyclic) bond motifs is 2. The van der Waals surface area contributed by atoms with E-state index in [1.807, 2.05) is 38.1 Å². The Morgan fingerprint density at radius 3 is 2.53 bits per heavy atom. The number of nitrogens with zero attached hydrogens (tertiary/aromatic N) is 4. The third-order valence-electron chi connectivity index (χ3n) is 6.29. The minimum Gasteiger partial charge on any atom is -0.335 e. The highest BCUT2D eigenvalue weighted by Gasteiger charge is 2.16. The van der Waals surface area contributed by atoms with E-state index in [-0.39, 0.29) is 17.6 Å². The Morgan fingerprint density at radius 2 is 1.71 bits per heavy atom. The van der Waals surface area contributed by atoms with Gasteiger partial charge in [0.1, 0.15) is 11.5 Å². The van der Waals surface area contributed by atoms with Crippen molar-refractivity contribution < 1.29 is 9.18 Å². The van der Waals surface area contributed by atoms with Gasteiger partial charge in [0.2, 0.25) is 5.91 Å². The van der Waals surface area contributed by atoms with Gasteiger partial charge in [-0.2, -0.15) is 5.10 Å². The first-order chi connectivity index (χ1) is 18.4. The number of rotatable bonds is 6. The van der Waals surface area contributed by atoms with Crippen LogP contribution in [0.1, 0.15) is 20.3 Å². The van der Waals surface area contributed by atoms with Crippen LogP contribution >= 0.6 is 0 Å². The average Bonchev–Trinajstić information content (AvgIpc) is 3.52. The van der Waals surface area contributed by atoms with Crippen molar-refractivity contribution in [2.45, 2.75) is 20.3 Å². The molecule has 188 valence electrons. The number of pyridine rings is 2. The number of hydrogen-bond acceptors (Lipinski definition) is 5. The summed E-state index contributed by atoms with van der Waals surface area (Å²) in [5.41, 5.74) is 7.07. The molecule has 6 rings (SSSR count). The molecule has 0 aliphatic heterocycles. The van der Waals surface area contributed by atoms with Gasteiger partial charge in [-0.05, 0) is 47.4 Å². The second-order valence-corrected chi connectivity index (χ2v) is 9.62. The number of hydrogen-bond donors (Lipinski definition) is 3. The summed E-state index contributed by atoms with van der Waals surface area (Å²) in [5.74, 6) is 0.529. The fourth-order valence-electron chi connectivity index (χ4n) is 4.51. The number of benzene rings is 2. The van der Waals surface area contributed by atoms with Gasteiger partial charge in [0.25, 0.3) is 0 Å². The molecule has 0 spiro atoms. The number of aromatic amines is 2. The Labute approximate surface area is 217 Å². The van der Waals surface area contributed by atoms with Crippen LogP contribution < -0.4 is 5.32 Å². The molecule has 0 aliphatic rings. The monoisotopic (exact) mass is 505 g/mol. The molecule has 2 aromatic carbocycles. The SMILES string of the molecule is CC(C)CC(=O)Nc1cncc(-c2ccc3[nH]nc(-c4nc5c(-c6ccc(F)cc6)cncc5[nH]4)c3c2)c1. The van der Waals surface area contributed by atoms with E-state index in [2.05, 4.69) is 30.5 Å². The molecule has 1 amide bonds. The summed E-state index contributed by atoms with van der Waals surface area (Å²) >= 11 is 0. The largest absolute Gasteiger partial charge is 0.335 e. The van der Waals surface area contributed by atoms with Crippen molar-refractivity contribution in [3.05, 3.63) is 79.1 Å². The van der Waals surface area contributed by atoms with E-state index >= 15 is 0 Å². The van der Waals surface area contributed by atoms with Crippen molar-refractivity contribution in [3.63, 3.8) is 0 Å². The summed E-state index contributed by atoms with van der Waals surface area (Å²) in [6.07, 6.45) is 7.29. The van der Waals surface area contributed by atoms with E-state index in [0.29, 0.717) is 23.6 Å². The summed E-state index contributed by atoms with van der Waals surface area (Å²) in [6.45, 7) is 4.02. The van der Waals surface area contributed by atoms with E-state index in [0.717, 1.165) is 44.2 Å². The Balaban J connectivity index is 1.38. The molecular formula is C29H24FN7O. The van der Waals surface area contributed by atoms with Crippen molar-refractivity contribution in [2.75, 3.05) is 5.32 Å². The lowest BCUT2D eigenvalue weighted by Gasteiger charge is -2.09. The van der Waals surface area contributed by atoms with Gasteiger partial charge < -0.3 is 10.3 Å². The van der Waals surface area contributed by atoms with Gasteiger partial charge in [-0.1, -0.05) is 32.0 Å². The highest BCUT2D eigenvalue weighted by molar-refractivity contribution is 5.98. The number of aromatic nitrogens is 6. The third-order valence-corrected chi connectivity index (χ3v) is 6.29. The summed E-state index contributed by atoms with van der Waals surface area (Å²) in [6, 6.07) is 14.1. The van der Waals surface area contributed by atoms with Crippen LogP contribution in [0, 0.1) is 11.7 Å². The lowest BCUT2D eigenvalue weighted by Crippen LogP contribution is -2.13. The van der Waals surface area contributed by atoms with Crippen LogP contribution in [0.4, 0.5) is 10.1 Å². The van der Waals surface area contributed by atoms with Crippen LogP contribution in [-0.4, -0.2) is 36.0 Å². The van der Waals surface area contributed by atoms with Crippen LogP contribution in [0.2, 0.25) is 0 Å². The number of carbonyl (C=O) groups is 1. The van der Waals surface area contributed by atoms with E-state index in [1.165, 1.54) is 12.1 Å². The van der Waals surface area contributed by atoms with Crippen LogP contribution in [0.25, 0.3) is 55.7 Å². The maximum atomic E-state index is 13.5. The molecule has 0 radical (unpaired) electrons. The van der Waals surface area contributed by atoms with Crippen molar-refractivity contribution in [1.29, 1.82) is 0 Å². The smallest absolute Gasteiger partial charge is 0.224 e. The van der Waals surface area contributed by atoms with Crippen molar-refractivity contribution in [1.82, 2.24) is 30.1 Å². The zero-order valence-electron chi connectivity index (χ0n) is 20.8. The molecule has 8 nitrogen and oxygen atoms in total. The van der Waals surface area contributed by atoms with Gasteiger partial charge >= 0.3 is 0 Å². The summed E-state index contributed by atoms with van der Waals surface area (Å²) in [5, 5.41) is 11.4. The first-order valence-electron chi connectivity index (χ1n) is 12.3. The number of imidazole rings is 1. The van der Waals surface area contributed by atoms with Gasteiger partial charge in [0.15, 0.2) is 5.82 Å². The molecular weight excluding hydrogens is 481 g/mol. The fraction of sp³-hybridized carbons (Fsp3) is 0.138. The van der Waals surface area contributed by atoms with Gasteiger partial charge in [-0.3, -0.25) is 19.9 Å². The summed E-state index contributed by atoms with van der Waals surface area (Å²) in [7, 11) is 0. The zero-order valence-corrected chi connectivity index (χ0v) is 20.8. The second kappa shape index (κ2) is 9.51. The molecule has 4 aromatic heterocycles. The van der Waals surface area contributed by atoms with Gasteiger partial charge in [-0.25, -0.2) is 9.37 Å². The van der Waals surface area contributed by atoms with Gasteiger partial charge in [0, 0.05) is 35.3 Å². The number of nitrogens with one attached hydrogen (secondary N) is 3. The molecule has 3 N–H and O–H groups in total. The predicted molar refractivity (Wildman–Crippen MR) is 146 cm³/mol. The summed E-state index contributed by atoms with van der Waals surface area (Å²) in [4.78, 5) is 29.1. The van der Waals surface area contributed by atoms with E-state index in [9.17, 15) is 9.18 Å². The highest BCUT2D eigenvalue weighted by Crippen LogP contribution is 2.33. The number of anilines is 1. The van der Waals surface area contributed by atoms with E-state index in [1.54, 1.807) is 36.9 Å². The number of carbonyl (C=O) groups excluding carboxylic acids is 1. The van der Waals surface area contributed by atoms with Crippen LogP contribution in [0.15, 0.2) is 73.3 Å². The number of halogens is 1. The Kier molecular flexibility index (Phi) is 5.88. The van der Waals surface area contributed by atoms with E-state index in [4.69, 9.17) is 4.98 Å². The lowest BCUT2D eigenvalue weighted by atomic mass is 10.0. The second-order valence-electron chi connectivity index (χ2n) is 9.62. The molecule has 4 heterocycles. The minimum absolute atomic E-state index is 0.0362. The topological polar surface area (TPSA) is 112 Å². The molecule has 0 saturated carbocycles. The highest BCUT2D eigenvalue weighted by atomic mass is 19.1. The maximum absolute atomic E-state index is 13.5. The van der Waals surface area contributed by atoms with Gasteiger partial charge in [0.05, 0.1) is 34.6 Å². The molecule has 0 atom stereocenters. The molecule has 38 heavy (non-hydrogen) atoms. The molecule has 6 aromatic rings. The van der Waals surface area contributed by atoms with Crippen LogP contribution in [-0.2, 0) is 4.79 Å². The third kappa shape index (κ3) is 4.50. The van der Waals surface area contributed by atoms with Gasteiger partial charge in [-0.15, -0.1) is 0 Å². The minimum atomic E-state index is -0.297. The molecule has 9 heteroatoms. The molecule has 0 saturated heterocycles. The molecule has 0 bridgehead atoms. The zero-order chi connectivity index (χ0) is 26.2. The predicted octanol–water partition coefficient (Wildman–Crippen LogP) is 6.35. The standard InChI is InChI=1S/C29H24FN7O/c1-16(2)9-26(38)33-21-10-19(12-31-13-21)18-5-8-24-22(11-18)28(37-36-24)29-34-25-15-32-14-23(27(25)35-29)17-3-6-20(30)7-4-17/h3-8,10-16H,9H2,1-2H3,(H,33,38)(H,34,35)(H,36,37). The summed E-state index contributed by atoms with van der Waals surface area (Å²) < 4.78 is 13.5. The molecule has 0 unspecified atom stereocenters. The quantitative estimate of drug-likeness (QED) is 0.244. The maximum Gasteiger partial charge on any atom is 0.224 e. The fourth-order valence-corrected chi connectivity index (χ4v) is 4.51.